The highest BCUT2D eigenvalue weighted by Gasteiger charge is 2.36. The molecule has 124 valence electrons. The first-order valence-electron chi connectivity index (χ1n) is 8.40. The van der Waals surface area contributed by atoms with E-state index in [1.54, 1.807) is 0 Å². The average Bonchev–Trinajstić information content (AvgIpc) is 3.39. The standard InChI is InChI=1S/C18H23BrN2O2/c1-12(15-6-2-3-7-16(15)19)20-17(22)14-5-4-10-21(11-14)18(23)13-8-9-13/h2-3,6-7,12-14H,4-5,8-11H2,1H3,(H,20,22)/t12-,14-/m0/s1. The van der Waals surface area contributed by atoms with Crippen molar-refractivity contribution in [1.29, 1.82) is 0 Å². The molecule has 0 spiro atoms. The Morgan fingerprint density at radius 2 is 1.96 bits per heavy atom. The van der Waals surface area contributed by atoms with Gasteiger partial charge in [0, 0.05) is 23.5 Å². The predicted molar refractivity (Wildman–Crippen MR) is 92.7 cm³/mol. The van der Waals surface area contributed by atoms with E-state index in [4.69, 9.17) is 0 Å². The van der Waals surface area contributed by atoms with Crippen molar-refractivity contribution in [2.45, 2.75) is 38.6 Å². The van der Waals surface area contributed by atoms with Crippen molar-refractivity contribution in [2.24, 2.45) is 11.8 Å². The van der Waals surface area contributed by atoms with Gasteiger partial charge in [-0.05, 0) is 44.2 Å². The van der Waals surface area contributed by atoms with Crippen molar-refractivity contribution < 1.29 is 9.59 Å². The number of nitrogens with one attached hydrogen (secondary N) is 1. The lowest BCUT2D eigenvalue weighted by Crippen LogP contribution is -2.46. The van der Waals surface area contributed by atoms with Gasteiger partial charge >= 0.3 is 0 Å². The van der Waals surface area contributed by atoms with Gasteiger partial charge in [-0.1, -0.05) is 34.1 Å². The quantitative estimate of drug-likeness (QED) is 0.873. The maximum atomic E-state index is 12.6. The Hall–Kier alpha value is -1.36. The van der Waals surface area contributed by atoms with Gasteiger partial charge in [0.15, 0.2) is 0 Å². The first-order valence-corrected chi connectivity index (χ1v) is 9.19. The molecular weight excluding hydrogens is 356 g/mol. The summed E-state index contributed by atoms with van der Waals surface area (Å²) in [5.41, 5.74) is 1.07. The fraction of sp³-hybridized carbons (Fsp3) is 0.556. The molecule has 2 atom stereocenters. The van der Waals surface area contributed by atoms with E-state index in [-0.39, 0.29) is 29.7 Å². The third kappa shape index (κ3) is 3.94. The van der Waals surface area contributed by atoms with E-state index in [0.29, 0.717) is 6.54 Å². The molecule has 0 aromatic heterocycles. The maximum Gasteiger partial charge on any atom is 0.225 e. The summed E-state index contributed by atoms with van der Waals surface area (Å²) in [5.74, 6) is 0.454. The topological polar surface area (TPSA) is 49.4 Å². The lowest BCUT2D eigenvalue weighted by Gasteiger charge is -2.33. The van der Waals surface area contributed by atoms with Gasteiger partial charge in [0.25, 0.3) is 0 Å². The van der Waals surface area contributed by atoms with Gasteiger partial charge in [0.2, 0.25) is 11.8 Å². The lowest BCUT2D eigenvalue weighted by molar-refractivity contribution is -0.137. The van der Waals surface area contributed by atoms with Gasteiger partial charge in [0.05, 0.1) is 12.0 Å². The number of piperidine rings is 1. The minimum atomic E-state index is -0.0867. The van der Waals surface area contributed by atoms with Crippen molar-refractivity contribution >= 4 is 27.7 Å². The number of hydrogen-bond acceptors (Lipinski definition) is 2. The van der Waals surface area contributed by atoms with Crippen LogP contribution in [0.25, 0.3) is 0 Å². The Labute approximate surface area is 145 Å². The molecular formula is C18H23BrN2O2. The highest BCUT2D eigenvalue weighted by atomic mass is 79.9. The van der Waals surface area contributed by atoms with Gasteiger partial charge in [-0.2, -0.15) is 0 Å². The van der Waals surface area contributed by atoms with Gasteiger partial charge in [-0.15, -0.1) is 0 Å². The minimum Gasteiger partial charge on any atom is -0.349 e. The van der Waals surface area contributed by atoms with E-state index in [2.05, 4.69) is 21.2 Å². The van der Waals surface area contributed by atoms with Crippen LogP contribution in [0.3, 0.4) is 0 Å². The summed E-state index contributed by atoms with van der Waals surface area (Å²) < 4.78 is 1.00. The monoisotopic (exact) mass is 378 g/mol. The van der Waals surface area contributed by atoms with E-state index in [1.807, 2.05) is 36.1 Å². The number of rotatable bonds is 4. The Bertz CT molecular complexity index is 600. The van der Waals surface area contributed by atoms with Crippen LogP contribution in [-0.4, -0.2) is 29.8 Å². The zero-order valence-electron chi connectivity index (χ0n) is 13.4. The number of likely N-dealkylation sites (tertiary alicyclic amines) is 1. The van der Waals surface area contributed by atoms with Crippen LogP contribution >= 0.6 is 15.9 Å². The molecule has 1 aromatic carbocycles. The molecule has 2 aliphatic rings. The van der Waals surface area contributed by atoms with Crippen molar-refractivity contribution in [2.75, 3.05) is 13.1 Å². The third-order valence-corrected chi connectivity index (χ3v) is 5.48. The molecule has 1 aliphatic carbocycles. The Balaban J connectivity index is 1.59. The van der Waals surface area contributed by atoms with Crippen molar-refractivity contribution in [1.82, 2.24) is 10.2 Å². The van der Waals surface area contributed by atoms with Crippen molar-refractivity contribution in [3.63, 3.8) is 0 Å². The first kappa shape index (κ1) is 16.5. The highest BCUT2D eigenvalue weighted by molar-refractivity contribution is 9.10. The van der Waals surface area contributed by atoms with E-state index in [0.717, 1.165) is 42.3 Å². The molecule has 1 aliphatic heterocycles. The van der Waals surface area contributed by atoms with Crippen LogP contribution in [-0.2, 0) is 9.59 Å². The van der Waals surface area contributed by atoms with Crippen molar-refractivity contribution in [3.8, 4) is 0 Å². The second kappa shape index (κ2) is 7.04. The third-order valence-electron chi connectivity index (χ3n) is 4.76. The largest absolute Gasteiger partial charge is 0.349 e. The van der Waals surface area contributed by atoms with Gasteiger partial charge < -0.3 is 10.2 Å². The number of carbonyl (C=O) groups excluding carboxylic acids is 2. The van der Waals surface area contributed by atoms with Crippen LogP contribution in [0.5, 0.6) is 0 Å². The fourth-order valence-corrected chi connectivity index (χ4v) is 3.84. The van der Waals surface area contributed by atoms with Crippen LogP contribution in [0.2, 0.25) is 0 Å². The van der Waals surface area contributed by atoms with Crippen LogP contribution in [0.15, 0.2) is 28.7 Å². The molecule has 23 heavy (non-hydrogen) atoms. The summed E-state index contributed by atoms with van der Waals surface area (Å²) in [6.45, 7) is 3.37. The predicted octanol–water partition coefficient (Wildman–Crippen LogP) is 3.27. The smallest absolute Gasteiger partial charge is 0.225 e. The fourth-order valence-electron chi connectivity index (χ4n) is 3.22. The molecule has 5 heteroatoms. The van der Waals surface area contributed by atoms with E-state index in [9.17, 15) is 9.59 Å². The summed E-state index contributed by atoms with van der Waals surface area (Å²) in [7, 11) is 0. The van der Waals surface area contributed by atoms with Crippen LogP contribution < -0.4 is 5.32 Å². The summed E-state index contributed by atoms with van der Waals surface area (Å²) in [4.78, 5) is 26.7. The second-order valence-corrected chi connectivity index (χ2v) is 7.50. The van der Waals surface area contributed by atoms with E-state index in [1.165, 1.54) is 0 Å². The average molecular weight is 379 g/mol. The molecule has 4 nitrogen and oxygen atoms in total. The summed E-state index contributed by atoms with van der Waals surface area (Å²) in [6, 6.07) is 7.88. The molecule has 3 rings (SSSR count). The molecule has 1 saturated carbocycles. The Morgan fingerprint density at radius 1 is 1.22 bits per heavy atom. The highest BCUT2D eigenvalue weighted by Crippen LogP contribution is 2.32. The molecule has 1 aromatic rings. The van der Waals surface area contributed by atoms with Gasteiger partial charge in [-0.3, -0.25) is 9.59 Å². The lowest BCUT2D eigenvalue weighted by atomic mass is 9.96. The summed E-state index contributed by atoms with van der Waals surface area (Å²) in [5, 5.41) is 3.10. The Morgan fingerprint density at radius 3 is 2.65 bits per heavy atom. The second-order valence-electron chi connectivity index (χ2n) is 6.65. The normalized spacial score (nSPS) is 22.5. The molecule has 2 amide bonds. The minimum absolute atomic E-state index is 0.0485. The first-order chi connectivity index (χ1) is 11.1. The maximum absolute atomic E-state index is 12.6. The summed E-state index contributed by atoms with van der Waals surface area (Å²) >= 11 is 3.53. The molecule has 1 N–H and O–H groups in total. The number of amides is 2. The van der Waals surface area contributed by atoms with Gasteiger partial charge in [-0.25, -0.2) is 0 Å². The number of benzene rings is 1. The number of carbonyl (C=O) groups is 2. The number of nitrogens with zero attached hydrogens (tertiary/aromatic N) is 1. The molecule has 1 saturated heterocycles. The van der Waals surface area contributed by atoms with Crippen LogP contribution in [0.4, 0.5) is 0 Å². The SMILES string of the molecule is C[C@H](NC(=O)[C@H]1CCCN(C(=O)C2CC2)C1)c1ccccc1Br. The Kier molecular flexibility index (Phi) is 5.05. The molecule has 0 radical (unpaired) electrons. The molecule has 2 fully saturated rings. The van der Waals surface area contributed by atoms with E-state index >= 15 is 0 Å². The number of hydrogen-bond donors (Lipinski definition) is 1. The van der Waals surface area contributed by atoms with Crippen LogP contribution in [0, 0.1) is 11.8 Å². The zero-order chi connectivity index (χ0) is 16.4. The zero-order valence-corrected chi connectivity index (χ0v) is 15.0. The van der Waals surface area contributed by atoms with Crippen molar-refractivity contribution in [3.05, 3.63) is 34.3 Å². The van der Waals surface area contributed by atoms with Gasteiger partial charge in [0.1, 0.15) is 0 Å². The number of halogens is 1. The molecule has 0 bridgehead atoms. The summed E-state index contributed by atoms with van der Waals surface area (Å²) in [6.07, 6.45) is 3.82. The molecule has 0 unspecified atom stereocenters. The van der Waals surface area contributed by atoms with E-state index < -0.39 is 0 Å². The molecule has 1 heterocycles. The van der Waals surface area contributed by atoms with Crippen LogP contribution in [0.1, 0.15) is 44.2 Å².